The third-order valence-electron chi connectivity index (χ3n) is 8.74. The Labute approximate surface area is 288 Å². The average molecular weight is 642 g/mol. The van der Waals surface area contributed by atoms with E-state index >= 15 is 0 Å². The van der Waals surface area contributed by atoms with Crippen molar-refractivity contribution >= 4 is 5.97 Å². The normalized spacial score (nSPS) is 12.4. The average Bonchev–Trinajstić information content (AvgIpc) is 3.04. The molecular weight excluding hydrogens is 562 g/mol. The molecule has 0 heterocycles. The lowest BCUT2D eigenvalue weighted by atomic mass is 10.0. The van der Waals surface area contributed by atoms with Gasteiger partial charge in [0.05, 0.1) is 0 Å². The zero-order chi connectivity index (χ0) is 33.6. The van der Waals surface area contributed by atoms with E-state index in [-0.39, 0.29) is 12.1 Å². The minimum absolute atomic E-state index is 0.00641. The van der Waals surface area contributed by atoms with E-state index in [1.165, 1.54) is 141 Å². The summed E-state index contributed by atoms with van der Waals surface area (Å²) in [7, 11) is 4.12. The van der Waals surface area contributed by atoms with E-state index in [2.05, 4.69) is 81.5 Å². The second-order valence-electron chi connectivity index (χ2n) is 13.8. The third-order valence-corrected chi connectivity index (χ3v) is 8.74. The third kappa shape index (κ3) is 36.9. The lowest BCUT2D eigenvalue weighted by molar-refractivity contribution is -0.150. The summed E-state index contributed by atoms with van der Waals surface area (Å²) in [5, 5.41) is 0. The van der Waals surface area contributed by atoms with Crippen LogP contribution in [0.3, 0.4) is 0 Å². The molecule has 268 valence electrons. The van der Waals surface area contributed by atoms with Gasteiger partial charge in [0.25, 0.3) is 0 Å². The second kappa shape index (κ2) is 37.8. The maximum absolute atomic E-state index is 12.5. The Balaban J connectivity index is 4.01. The van der Waals surface area contributed by atoms with E-state index in [0.29, 0.717) is 6.42 Å². The van der Waals surface area contributed by atoms with Crippen LogP contribution >= 0.6 is 0 Å². The van der Waals surface area contributed by atoms with Gasteiger partial charge in [-0.1, -0.05) is 140 Å². The highest BCUT2D eigenvalue weighted by molar-refractivity contribution is 5.69. The number of hydrogen-bond donors (Lipinski definition) is 0. The Morgan fingerprint density at radius 3 is 1.26 bits per heavy atom. The van der Waals surface area contributed by atoms with Gasteiger partial charge in [0.15, 0.2) is 0 Å². The number of allylic oxidation sites excluding steroid dienone is 8. The minimum Gasteiger partial charge on any atom is -0.462 e. The maximum atomic E-state index is 12.5. The number of ether oxygens (including phenoxy) is 1. The maximum Gasteiger partial charge on any atom is 0.306 e. The highest BCUT2D eigenvalue weighted by Gasteiger charge is 2.14. The minimum atomic E-state index is 0.00641. The molecule has 0 atom stereocenters. The van der Waals surface area contributed by atoms with Gasteiger partial charge in [-0.25, -0.2) is 0 Å². The number of hydrogen-bond acceptors (Lipinski definition) is 3. The van der Waals surface area contributed by atoms with Crippen LogP contribution in [0, 0.1) is 0 Å². The Bertz CT molecular complexity index is 687. The predicted octanol–water partition coefficient (Wildman–Crippen LogP) is 13.6. The van der Waals surface area contributed by atoms with Crippen molar-refractivity contribution < 1.29 is 9.53 Å². The highest BCUT2D eigenvalue weighted by Crippen LogP contribution is 2.18. The van der Waals surface area contributed by atoms with Crippen LogP contribution in [0.2, 0.25) is 0 Å². The van der Waals surface area contributed by atoms with E-state index in [1.54, 1.807) is 0 Å². The van der Waals surface area contributed by atoms with Gasteiger partial charge in [-0.05, 0) is 117 Å². The van der Waals surface area contributed by atoms with Crippen LogP contribution in [-0.4, -0.2) is 37.6 Å². The molecule has 3 heteroatoms. The molecule has 0 bridgehead atoms. The van der Waals surface area contributed by atoms with Crippen molar-refractivity contribution in [1.29, 1.82) is 0 Å². The van der Waals surface area contributed by atoms with Crippen molar-refractivity contribution in [2.45, 2.75) is 200 Å². The molecule has 3 nitrogen and oxygen atoms in total. The van der Waals surface area contributed by atoms with Crippen molar-refractivity contribution in [3.8, 4) is 0 Å². The van der Waals surface area contributed by atoms with Gasteiger partial charge in [-0.15, -0.1) is 0 Å². The number of rotatable bonds is 35. The first-order chi connectivity index (χ1) is 22.6. The molecule has 0 aromatic heterocycles. The van der Waals surface area contributed by atoms with Gasteiger partial charge in [-0.2, -0.15) is 0 Å². The van der Waals surface area contributed by atoms with Crippen LogP contribution in [0.4, 0.5) is 0 Å². The molecule has 0 fully saturated rings. The van der Waals surface area contributed by atoms with Crippen molar-refractivity contribution in [1.82, 2.24) is 4.90 Å². The summed E-state index contributed by atoms with van der Waals surface area (Å²) in [6.45, 7) is 5.46. The molecule has 0 unspecified atom stereocenters. The summed E-state index contributed by atoms with van der Waals surface area (Å²) in [5.74, 6) is 0.00641. The van der Waals surface area contributed by atoms with Crippen LogP contribution in [-0.2, 0) is 9.53 Å². The van der Waals surface area contributed by atoms with Gasteiger partial charge in [0.1, 0.15) is 6.10 Å². The SMILES string of the molecule is CCCCC/C=C/C/C=C/CCCCCCCCC(CCCCCCCC/C=C/C/C=C/CCCCC)OC(=O)CCCN(C)C. The van der Waals surface area contributed by atoms with E-state index in [1.807, 2.05) is 0 Å². The number of unbranched alkanes of at least 4 members (excludes halogenated alkanes) is 18. The Hall–Kier alpha value is -1.61. The summed E-state index contributed by atoms with van der Waals surface area (Å²) >= 11 is 0. The van der Waals surface area contributed by atoms with Gasteiger partial charge in [0, 0.05) is 6.42 Å². The first-order valence-corrected chi connectivity index (χ1v) is 20.0. The lowest BCUT2D eigenvalue weighted by Gasteiger charge is -2.18. The van der Waals surface area contributed by atoms with Gasteiger partial charge in [-0.3, -0.25) is 4.79 Å². The van der Waals surface area contributed by atoms with E-state index < -0.39 is 0 Å². The molecule has 0 rings (SSSR count). The van der Waals surface area contributed by atoms with Gasteiger partial charge >= 0.3 is 5.97 Å². The molecule has 0 saturated heterocycles. The quantitative estimate of drug-likeness (QED) is 0.0392. The summed E-state index contributed by atoms with van der Waals surface area (Å²) in [6, 6.07) is 0. The van der Waals surface area contributed by atoms with Crippen molar-refractivity contribution in [2.75, 3.05) is 20.6 Å². The van der Waals surface area contributed by atoms with E-state index in [4.69, 9.17) is 4.74 Å². The Kier molecular flexibility index (Phi) is 36.5. The molecule has 0 aliphatic rings. The molecular formula is C43H79NO2. The first kappa shape index (κ1) is 44.4. The molecule has 0 amide bonds. The molecule has 0 N–H and O–H groups in total. The van der Waals surface area contributed by atoms with E-state index in [0.717, 1.165) is 38.6 Å². The van der Waals surface area contributed by atoms with Crippen LogP contribution in [0.1, 0.15) is 194 Å². The molecule has 0 aromatic rings. The summed E-state index contributed by atoms with van der Waals surface area (Å²) in [5.41, 5.74) is 0. The number of esters is 1. The molecule has 0 aliphatic heterocycles. The second-order valence-corrected chi connectivity index (χ2v) is 13.8. The smallest absolute Gasteiger partial charge is 0.306 e. The van der Waals surface area contributed by atoms with Crippen molar-refractivity contribution in [3.63, 3.8) is 0 Å². The molecule has 0 aliphatic carbocycles. The summed E-state index contributed by atoms with van der Waals surface area (Å²) < 4.78 is 6.00. The van der Waals surface area contributed by atoms with Crippen molar-refractivity contribution in [2.24, 2.45) is 0 Å². The number of carbonyl (C=O) groups is 1. The topological polar surface area (TPSA) is 29.5 Å². The van der Waals surface area contributed by atoms with Crippen LogP contribution < -0.4 is 0 Å². The van der Waals surface area contributed by atoms with Crippen LogP contribution in [0.15, 0.2) is 48.6 Å². The molecule has 46 heavy (non-hydrogen) atoms. The molecule has 0 radical (unpaired) electrons. The molecule has 0 spiro atoms. The Morgan fingerprint density at radius 2 is 0.870 bits per heavy atom. The fourth-order valence-electron chi connectivity index (χ4n) is 5.77. The first-order valence-electron chi connectivity index (χ1n) is 20.0. The Morgan fingerprint density at radius 1 is 0.500 bits per heavy atom. The number of carbonyl (C=O) groups excluding carboxylic acids is 1. The zero-order valence-corrected chi connectivity index (χ0v) is 31.5. The fraction of sp³-hybridized carbons (Fsp3) is 0.791. The summed E-state index contributed by atoms with van der Waals surface area (Å²) in [6.07, 6.45) is 52.8. The predicted molar refractivity (Wildman–Crippen MR) is 206 cm³/mol. The molecule has 0 aromatic carbocycles. The van der Waals surface area contributed by atoms with Gasteiger partial charge in [0.2, 0.25) is 0 Å². The van der Waals surface area contributed by atoms with Crippen LogP contribution in [0.5, 0.6) is 0 Å². The standard InChI is InChI=1S/C43H79NO2/c1-5-7-9-11-13-15-17-19-21-23-25-27-29-31-33-35-38-42(46-43(45)40-37-41-44(3)4)39-36-34-32-30-28-26-24-22-20-18-16-14-12-10-8-6-2/h13-16,19-22,42H,5-12,17-18,23-41H2,1-4H3/b15-13+,16-14+,21-19+,22-20+. The largest absolute Gasteiger partial charge is 0.462 e. The fourth-order valence-corrected chi connectivity index (χ4v) is 5.77. The lowest BCUT2D eigenvalue weighted by Crippen LogP contribution is -2.20. The molecule has 0 saturated carbocycles. The highest BCUT2D eigenvalue weighted by atomic mass is 16.5. The van der Waals surface area contributed by atoms with E-state index in [9.17, 15) is 4.79 Å². The van der Waals surface area contributed by atoms with Gasteiger partial charge < -0.3 is 9.64 Å². The zero-order valence-electron chi connectivity index (χ0n) is 31.5. The monoisotopic (exact) mass is 642 g/mol. The number of nitrogens with zero attached hydrogens (tertiary/aromatic N) is 1. The van der Waals surface area contributed by atoms with Crippen molar-refractivity contribution in [3.05, 3.63) is 48.6 Å². The summed E-state index contributed by atoms with van der Waals surface area (Å²) in [4.78, 5) is 14.7. The van der Waals surface area contributed by atoms with Crippen LogP contribution in [0.25, 0.3) is 0 Å².